The summed E-state index contributed by atoms with van der Waals surface area (Å²) in [5, 5.41) is 0. The van der Waals surface area contributed by atoms with Gasteiger partial charge in [0.05, 0.1) is 0 Å². The van der Waals surface area contributed by atoms with Crippen LogP contribution in [-0.2, 0) is 35.0 Å². The largest absolute Gasteiger partial charge is 2.00 e. The molecule has 2 aromatic rings. The van der Waals surface area contributed by atoms with E-state index in [1.165, 1.54) is 32.1 Å². The van der Waals surface area contributed by atoms with Gasteiger partial charge in [-0.15, -0.1) is 29.3 Å². The Morgan fingerprint density at radius 3 is 1.58 bits per heavy atom. The van der Waals surface area contributed by atoms with Crippen LogP contribution in [0.15, 0.2) is 41.0 Å². The van der Waals surface area contributed by atoms with Crippen molar-refractivity contribution in [2.75, 3.05) is 0 Å². The third-order valence-electron chi connectivity index (χ3n) is 3.10. The maximum atomic E-state index is 7.50. The van der Waals surface area contributed by atoms with Gasteiger partial charge >= 0.3 is 55.0 Å². The van der Waals surface area contributed by atoms with Gasteiger partial charge in [0.15, 0.2) is 0 Å². The van der Waals surface area contributed by atoms with Gasteiger partial charge in [-0.1, -0.05) is 57.2 Å². The van der Waals surface area contributed by atoms with Crippen LogP contribution in [0.3, 0.4) is 0 Å². The average molecular weight is 495 g/mol. The van der Waals surface area contributed by atoms with Crippen molar-refractivity contribution in [3.8, 4) is 11.1 Å². The van der Waals surface area contributed by atoms with Crippen molar-refractivity contribution in [3.05, 3.63) is 68.4 Å². The Hall–Kier alpha value is -1.59. The van der Waals surface area contributed by atoms with Crippen molar-refractivity contribution in [3.63, 3.8) is 0 Å². The number of hydrogen-bond acceptors (Lipinski definition) is 1. The van der Waals surface area contributed by atoms with E-state index in [0.29, 0.717) is 0 Å². The molecule has 0 unspecified atom stereocenters. The number of furan rings is 1. The van der Waals surface area contributed by atoms with Crippen LogP contribution in [0.5, 0.6) is 0 Å². The Morgan fingerprint density at radius 1 is 0.833 bits per heavy atom. The predicted octanol–water partition coefficient (Wildman–Crippen LogP) is 4.89. The van der Waals surface area contributed by atoms with E-state index >= 15 is 0 Å². The van der Waals surface area contributed by atoms with Gasteiger partial charge in [0, 0.05) is 6.26 Å². The van der Waals surface area contributed by atoms with E-state index in [1.54, 1.807) is 6.26 Å². The Morgan fingerprint density at radius 2 is 1.25 bits per heavy atom. The van der Waals surface area contributed by atoms with Crippen LogP contribution in [0.2, 0.25) is 0 Å². The second-order valence-electron chi connectivity index (χ2n) is 4.45. The molecule has 1 saturated carbocycles. The Balaban J connectivity index is -0.000000311. The van der Waals surface area contributed by atoms with Crippen LogP contribution < -0.4 is 0 Å². The molecule has 0 atom stereocenters. The minimum absolute atomic E-state index is 0. The molecule has 1 heterocycles. The number of rotatable bonds is 1. The summed E-state index contributed by atoms with van der Waals surface area (Å²) >= 11 is 0. The third-order valence-corrected chi connectivity index (χ3v) is 3.10. The van der Waals surface area contributed by atoms with E-state index in [1.807, 2.05) is 37.3 Å². The van der Waals surface area contributed by atoms with Gasteiger partial charge < -0.3 is 4.42 Å². The molecule has 5 heteroatoms. The fourth-order valence-electron chi connectivity index (χ4n) is 2.11. The van der Waals surface area contributed by atoms with E-state index in [-0.39, 0.29) is 21.1 Å². The summed E-state index contributed by atoms with van der Waals surface area (Å²) in [6.07, 6.45) is 9.09. The van der Waals surface area contributed by atoms with E-state index < -0.39 is 0 Å². The summed E-state index contributed by atoms with van der Waals surface area (Å²) in [6, 6.07) is 13.2. The summed E-state index contributed by atoms with van der Waals surface area (Å²) in [6.45, 7) is 15.4. The van der Waals surface area contributed by atoms with Gasteiger partial charge in [-0.05, 0) is 5.76 Å². The van der Waals surface area contributed by atoms with Crippen molar-refractivity contribution in [2.24, 2.45) is 0 Å². The normalized spacial score (nSPS) is 10.3. The molecule has 3 rings (SSSR count). The quantitative estimate of drug-likeness (QED) is 0.410. The summed E-state index contributed by atoms with van der Waals surface area (Å²) in [5.41, 5.74) is 2.21. The molecule has 0 aliphatic heterocycles. The summed E-state index contributed by atoms with van der Waals surface area (Å²) in [4.78, 5) is 0. The molecule has 0 radical (unpaired) electrons. The minimum Gasteiger partial charge on any atom is 2.00 e. The van der Waals surface area contributed by atoms with Crippen molar-refractivity contribution < 1.29 is 39.4 Å². The molecule has 1 aromatic carbocycles. The number of aryl methyl sites for hydroxylation is 1. The molecule has 0 amide bonds. The molecule has 0 saturated heterocycles. The summed E-state index contributed by atoms with van der Waals surface area (Å²) in [7, 11) is 0. The topological polar surface area (TPSA) is 72.8 Å². The SMILES string of the molecule is C1CCCC1.Cc1oc[c-]c1-c1ccccc1.[C-]#[O+].[C-]#[O+].[C-]#[O+].[W+2]. The van der Waals surface area contributed by atoms with Gasteiger partial charge in [-0.3, -0.25) is 0 Å². The fraction of sp³-hybridized carbons (Fsp3) is 0.316. The number of benzene rings is 1. The molecule has 1 aromatic heterocycles. The fourth-order valence-corrected chi connectivity index (χ4v) is 2.11. The molecule has 0 spiro atoms. The summed E-state index contributed by atoms with van der Waals surface area (Å²) < 4.78 is 27.7. The van der Waals surface area contributed by atoms with Gasteiger partial charge in [0.1, 0.15) is 0 Å². The molecule has 124 valence electrons. The van der Waals surface area contributed by atoms with Crippen molar-refractivity contribution >= 4 is 0 Å². The molecule has 24 heavy (non-hydrogen) atoms. The smallest absolute Gasteiger partial charge is 2.00 e. The Bertz CT molecular complexity index is 530. The average Bonchev–Trinajstić information content (AvgIpc) is 3.36. The maximum Gasteiger partial charge on any atom is 2.00 e. The standard InChI is InChI=1S/C11H9O.C5H10.3CO.W/c1-9-11(7-8-12-9)10-5-3-2-4-6-10;1-2-4-5-3-1;3*1-2;/h2-6,8H,1H3;1-5H2;;;;/q-1;;;;;+2. The van der Waals surface area contributed by atoms with Crippen LogP contribution >= 0.6 is 0 Å². The van der Waals surface area contributed by atoms with E-state index in [2.05, 4.69) is 26.0 Å². The van der Waals surface area contributed by atoms with Crippen molar-refractivity contribution in [2.45, 2.75) is 39.0 Å². The minimum atomic E-state index is 0. The van der Waals surface area contributed by atoms with Gasteiger partial charge in [-0.2, -0.15) is 0 Å². The zero-order valence-electron chi connectivity index (χ0n) is 13.5. The van der Waals surface area contributed by atoms with Crippen LogP contribution in [0.4, 0.5) is 0 Å². The molecule has 1 aliphatic rings. The third kappa shape index (κ3) is 11.9. The van der Waals surface area contributed by atoms with Crippen molar-refractivity contribution in [1.82, 2.24) is 0 Å². The zero-order chi connectivity index (χ0) is 17.9. The zero-order valence-corrected chi connectivity index (χ0v) is 16.5. The maximum absolute atomic E-state index is 7.50. The van der Waals surface area contributed by atoms with Crippen LogP contribution in [0.1, 0.15) is 37.9 Å². The second-order valence-corrected chi connectivity index (χ2v) is 4.45. The van der Waals surface area contributed by atoms with Crippen LogP contribution in [0.25, 0.3) is 11.1 Å². The van der Waals surface area contributed by atoms with Crippen molar-refractivity contribution in [1.29, 1.82) is 0 Å². The molecule has 0 bridgehead atoms. The Labute approximate surface area is 158 Å². The monoisotopic (exact) mass is 495 g/mol. The molecular weight excluding hydrogens is 476 g/mol. The van der Waals surface area contributed by atoms with E-state index in [9.17, 15) is 0 Å². The van der Waals surface area contributed by atoms with Crippen LogP contribution in [-0.4, -0.2) is 0 Å². The number of hydrogen-bond donors (Lipinski definition) is 0. The predicted molar refractivity (Wildman–Crippen MR) is 82.6 cm³/mol. The molecule has 0 N–H and O–H groups in total. The first-order valence-electron chi connectivity index (χ1n) is 7.00. The first-order valence-corrected chi connectivity index (χ1v) is 7.00. The van der Waals surface area contributed by atoms with Crippen LogP contribution in [0, 0.1) is 32.9 Å². The van der Waals surface area contributed by atoms with E-state index in [0.717, 1.165) is 16.9 Å². The molecule has 4 nitrogen and oxygen atoms in total. The molecule has 1 aliphatic carbocycles. The molecular formula is C19H19O4W+. The first kappa shape index (κ1) is 27.3. The van der Waals surface area contributed by atoms with E-state index in [4.69, 9.17) is 18.4 Å². The van der Waals surface area contributed by atoms with Gasteiger partial charge in [0.2, 0.25) is 0 Å². The van der Waals surface area contributed by atoms with Gasteiger partial charge in [-0.25, -0.2) is 0 Å². The first-order chi connectivity index (χ1) is 11.4. The Kier molecular flexibility index (Phi) is 24.3. The van der Waals surface area contributed by atoms with Gasteiger partial charge in [0.25, 0.3) is 0 Å². The summed E-state index contributed by atoms with van der Waals surface area (Å²) in [5.74, 6) is 0.918. The second kappa shape index (κ2) is 21.4. The molecule has 1 fully saturated rings.